The second-order valence-corrected chi connectivity index (χ2v) is 7.48. The van der Waals surface area contributed by atoms with Crippen molar-refractivity contribution in [2.75, 3.05) is 19.7 Å². The number of aromatic nitrogens is 1. The fourth-order valence-corrected chi connectivity index (χ4v) is 3.80. The van der Waals surface area contributed by atoms with Crippen molar-refractivity contribution >= 4 is 28.6 Å². The van der Waals surface area contributed by atoms with Gasteiger partial charge in [0.25, 0.3) is 5.91 Å². The molecule has 6 heteroatoms. The van der Waals surface area contributed by atoms with Crippen molar-refractivity contribution in [2.45, 2.75) is 19.3 Å². The maximum atomic E-state index is 12.8. The van der Waals surface area contributed by atoms with Crippen LogP contribution in [0.2, 0.25) is 5.02 Å². The number of nitrogens with zero attached hydrogens (tertiary/aromatic N) is 2. The molecule has 2 aromatic carbocycles. The molecular formula is C21H21ClN2O3. The first-order valence-electron chi connectivity index (χ1n) is 9.16. The van der Waals surface area contributed by atoms with Gasteiger partial charge in [-0.2, -0.15) is 0 Å². The van der Waals surface area contributed by atoms with Crippen molar-refractivity contribution in [3.05, 3.63) is 64.5 Å². The van der Waals surface area contributed by atoms with Gasteiger partial charge in [0, 0.05) is 36.7 Å². The third-order valence-electron chi connectivity index (χ3n) is 4.99. The number of carbonyl (C=O) groups is 1. The fraction of sp³-hybridized carbons (Fsp3) is 0.333. The summed E-state index contributed by atoms with van der Waals surface area (Å²) in [7, 11) is 0. The Morgan fingerprint density at radius 1 is 1.30 bits per heavy atom. The Balaban J connectivity index is 1.54. The predicted molar refractivity (Wildman–Crippen MR) is 104 cm³/mol. The summed E-state index contributed by atoms with van der Waals surface area (Å²) in [6, 6.07) is 13.0. The minimum Gasteiger partial charge on any atom is -0.440 e. The second-order valence-electron chi connectivity index (χ2n) is 7.04. The van der Waals surface area contributed by atoms with E-state index in [9.17, 15) is 9.90 Å². The van der Waals surface area contributed by atoms with Crippen molar-refractivity contribution in [1.29, 1.82) is 0 Å². The largest absolute Gasteiger partial charge is 0.440 e. The van der Waals surface area contributed by atoms with E-state index in [4.69, 9.17) is 16.0 Å². The first-order valence-corrected chi connectivity index (χ1v) is 9.54. The minimum atomic E-state index is -0.0251. The lowest BCUT2D eigenvalue weighted by atomic mass is 9.98. The number of benzene rings is 2. The molecule has 1 N–H and O–H groups in total. The smallest absolute Gasteiger partial charge is 0.254 e. The Labute approximate surface area is 162 Å². The van der Waals surface area contributed by atoms with E-state index in [0.29, 0.717) is 35.0 Å². The molecule has 1 aromatic heterocycles. The minimum absolute atomic E-state index is 0.0251. The highest BCUT2D eigenvalue weighted by molar-refractivity contribution is 6.30. The van der Waals surface area contributed by atoms with Gasteiger partial charge in [-0.15, -0.1) is 0 Å². The van der Waals surface area contributed by atoms with Crippen LogP contribution in [0, 0.1) is 5.92 Å². The highest BCUT2D eigenvalue weighted by Gasteiger charge is 2.24. The zero-order valence-electron chi connectivity index (χ0n) is 14.9. The van der Waals surface area contributed by atoms with Gasteiger partial charge in [-0.3, -0.25) is 4.79 Å². The maximum absolute atomic E-state index is 12.8. The van der Waals surface area contributed by atoms with E-state index < -0.39 is 0 Å². The highest BCUT2D eigenvalue weighted by Crippen LogP contribution is 2.23. The molecule has 2 heterocycles. The fourth-order valence-electron chi connectivity index (χ4n) is 3.58. The molecule has 3 aromatic rings. The van der Waals surface area contributed by atoms with Gasteiger partial charge in [-0.1, -0.05) is 23.7 Å². The number of hydrogen-bond donors (Lipinski definition) is 1. The molecule has 0 aliphatic carbocycles. The number of carbonyl (C=O) groups excluding carboxylic acids is 1. The normalized spacial score (nSPS) is 17.4. The zero-order chi connectivity index (χ0) is 18.8. The molecule has 0 spiro atoms. The standard InChI is InChI=1S/C21H21ClN2O3/c22-17-5-1-3-14(9-17)10-20-23-18-7-6-16(11-19(18)27-20)21(26)24-8-2-4-15(12-24)13-25/h1,3,5-7,9,11,15,25H,2,4,8,10,12-13H2. The number of oxazole rings is 1. The molecule has 27 heavy (non-hydrogen) atoms. The van der Waals surface area contributed by atoms with Gasteiger partial charge in [-0.25, -0.2) is 4.98 Å². The summed E-state index contributed by atoms with van der Waals surface area (Å²) >= 11 is 6.03. The molecule has 1 aliphatic heterocycles. The molecule has 1 fully saturated rings. The number of fused-ring (bicyclic) bond motifs is 1. The van der Waals surface area contributed by atoms with E-state index in [1.54, 1.807) is 12.1 Å². The summed E-state index contributed by atoms with van der Waals surface area (Å²) < 4.78 is 5.87. The Hall–Kier alpha value is -2.37. The van der Waals surface area contributed by atoms with Crippen molar-refractivity contribution in [3.8, 4) is 0 Å². The van der Waals surface area contributed by atoms with E-state index in [-0.39, 0.29) is 18.4 Å². The van der Waals surface area contributed by atoms with Crippen molar-refractivity contribution in [1.82, 2.24) is 9.88 Å². The molecule has 0 saturated carbocycles. The number of rotatable bonds is 4. The summed E-state index contributed by atoms with van der Waals surface area (Å²) in [4.78, 5) is 19.1. The molecule has 0 radical (unpaired) electrons. The number of aliphatic hydroxyl groups is 1. The molecule has 1 aliphatic rings. The second kappa shape index (κ2) is 7.71. The first kappa shape index (κ1) is 18.0. The molecule has 4 rings (SSSR count). The molecule has 0 bridgehead atoms. The van der Waals surface area contributed by atoms with Gasteiger partial charge in [-0.05, 0) is 54.7 Å². The lowest BCUT2D eigenvalue weighted by Gasteiger charge is -2.31. The van der Waals surface area contributed by atoms with Crippen molar-refractivity contribution < 1.29 is 14.3 Å². The Kier molecular flexibility index (Phi) is 5.14. The average Bonchev–Trinajstić information content (AvgIpc) is 3.08. The zero-order valence-corrected chi connectivity index (χ0v) is 15.7. The van der Waals surface area contributed by atoms with Crippen LogP contribution in [0.15, 0.2) is 46.9 Å². The molecule has 1 saturated heterocycles. The van der Waals surface area contributed by atoms with Gasteiger partial charge >= 0.3 is 0 Å². The highest BCUT2D eigenvalue weighted by atomic mass is 35.5. The van der Waals surface area contributed by atoms with E-state index in [1.807, 2.05) is 35.2 Å². The Morgan fingerprint density at radius 2 is 2.19 bits per heavy atom. The van der Waals surface area contributed by atoms with Crippen molar-refractivity contribution in [2.24, 2.45) is 5.92 Å². The summed E-state index contributed by atoms with van der Waals surface area (Å²) in [5.74, 6) is 0.735. The molecular weight excluding hydrogens is 364 g/mol. The van der Waals surface area contributed by atoms with Gasteiger partial charge in [0.15, 0.2) is 11.5 Å². The quantitative estimate of drug-likeness (QED) is 0.740. The van der Waals surface area contributed by atoms with Crippen LogP contribution in [0.3, 0.4) is 0 Å². The van der Waals surface area contributed by atoms with Crippen LogP contribution >= 0.6 is 11.6 Å². The molecule has 1 unspecified atom stereocenters. The summed E-state index contributed by atoms with van der Waals surface area (Å²) in [5, 5.41) is 10.1. The van der Waals surface area contributed by atoms with E-state index in [2.05, 4.69) is 4.98 Å². The molecule has 1 atom stereocenters. The maximum Gasteiger partial charge on any atom is 0.254 e. The molecule has 140 valence electrons. The monoisotopic (exact) mass is 384 g/mol. The predicted octanol–water partition coefficient (Wildman–Crippen LogP) is 3.92. The average molecular weight is 385 g/mol. The Bertz CT molecular complexity index is 969. The lowest BCUT2D eigenvalue weighted by Crippen LogP contribution is -2.40. The SMILES string of the molecule is O=C(c1ccc2nc(Cc3cccc(Cl)c3)oc2c1)N1CCCC(CO)C1. The van der Waals surface area contributed by atoms with E-state index in [0.717, 1.165) is 30.5 Å². The van der Waals surface area contributed by atoms with Gasteiger partial charge in [0.05, 0.1) is 0 Å². The topological polar surface area (TPSA) is 66.6 Å². The van der Waals surface area contributed by atoms with Crippen LogP contribution in [0.1, 0.15) is 34.7 Å². The van der Waals surface area contributed by atoms with Crippen LogP contribution in [0.5, 0.6) is 0 Å². The molecule has 1 amide bonds. The van der Waals surface area contributed by atoms with Crippen LogP contribution in [0.4, 0.5) is 0 Å². The third kappa shape index (κ3) is 3.99. The Morgan fingerprint density at radius 3 is 3.00 bits per heavy atom. The van der Waals surface area contributed by atoms with Gasteiger partial charge in [0.2, 0.25) is 0 Å². The van der Waals surface area contributed by atoms with Gasteiger partial charge < -0.3 is 14.4 Å². The first-order chi connectivity index (χ1) is 13.1. The molecule has 5 nitrogen and oxygen atoms in total. The number of amides is 1. The van der Waals surface area contributed by atoms with Crippen LogP contribution in [0.25, 0.3) is 11.1 Å². The number of piperidine rings is 1. The number of hydrogen-bond acceptors (Lipinski definition) is 4. The van der Waals surface area contributed by atoms with Crippen LogP contribution in [-0.4, -0.2) is 40.6 Å². The van der Waals surface area contributed by atoms with E-state index in [1.165, 1.54) is 0 Å². The number of aliphatic hydroxyl groups excluding tert-OH is 1. The summed E-state index contributed by atoms with van der Waals surface area (Å²) in [5.41, 5.74) is 2.95. The van der Waals surface area contributed by atoms with Crippen LogP contribution < -0.4 is 0 Å². The summed E-state index contributed by atoms with van der Waals surface area (Å²) in [6.07, 6.45) is 2.43. The number of likely N-dealkylation sites (tertiary alicyclic amines) is 1. The number of halogens is 1. The lowest BCUT2D eigenvalue weighted by molar-refractivity contribution is 0.0620. The van der Waals surface area contributed by atoms with Crippen LogP contribution in [-0.2, 0) is 6.42 Å². The van der Waals surface area contributed by atoms with Gasteiger partial charge in [0.1, 0.15) is 5.52 Å². The van der Waals surface area contributed by atoms with Crippen molar-refractivity contribution in [3.63, 3.8) is 0 Å². The third-order valence-corrected chi connectivity index (χ3v) is 5.22. The summed E-state index contributed by atoms with van der Waals surface area (Å²) in [6.45, 7) is 1.45. The van der Waals surface area contributed by atoms with E-state index >= 15 is 0 Å².